The topological polar surface area (TPSA) is 30.0 Å². The highest BCUT2D eigenvalue weighted by Crippen LogP contribution is 2.29. The third-order valence-corrected chi connectivity index (χ3v) is 3.10. The summed E-state index contributed by atoms with van der Waals surface area (Å²) in [5.74, 6) is -0.418. The van der Waals surface area contributed by atoms with Crippen LogP contribution in [0.4, 0.5) is 4.39 Å². The molecule has 1 heterocycles. The molecule has 0 bridgehead atoms. The Morgan fingerprint density at radius 2 is 1.84 bits per heavy atom. The number of hydrogen-bond acceptors (Lipinski definition) is 2. The molecule has 0 spiro atoms. The second kappa shape index (κ2) is 4.61. The lowest BCUT2D eigenvalue weighted by molar-refractivity contribution is 0.112. The van der Waals surface area contributed by atoms with E-state index in [2.05, 4.69) is 4.98 Å². The Bertz CT molecular complexity index is 762. The van der Waals surface area contributed by atoms with E-state index in [1.807, 2.05) is 24.3 Å². The number of rotatable bonds is 2. The molecule has 2 nitrogen and oxygen atoms in total. The van der Waals surface area contributed by atoms with Crippen molar-refractivity contribution in [3.05, 3.63) is 66.2 Å². The third kappa shape index (κ3) is 1.99. The van der Waals surface area contributed by atoms with Crippen LogP contribution in [0, 0.1) is 5.82 Å². The van der Waals surface area contributed by atoms with Crippen LogP contribution in [-0.4, -0.2) is 11.3 Å². The Hall–Kier alpha value is -2.55. The molecular formula is C16H10FNO. The minimum atomic E-state index is -0.418. The maximum atomic E-state index is 13.2. The normalized spacial score (nSPS) is 10.6. The van der Waals surface area contributed by atoms with E-state index in [1.165, 1.54) is 12.1 Å². The van der Waals surface area contributed by atoms with Crippen LogP contribution >= 0.6 is 0 Å². The molecule has 0 N–H and O–H groups in total. The zero-order chi connectivity index (χ0) is 13.2. The number of nitrogens with zero attached hydrogens (tertiary/aromatic N) is 1. The molecule has 0 amide bonds. The van der Waals surface area contributed by atoms with Gasteiger partial charge in [0.1, 0.15) is 5.82 Å². The van der Waals surface area contributed by atoms with Crippen LogP contribution in [-0.2, 0) is 0 Å². The Balaban J connectivity index is 2.33. The Labute approximate surface area is 109 Å². The van der Waals surface area contributed by atoms with Crippen molar-refractivity contribution in [2.45, 2.75) is 0 Å². The van der Waals surface area contributed by atoms with Crippen LogP contribution in [0.1, 0.15) is 10.4 Å². The molecule has 19 heavy (non-hydrogen) atoms. The molecule has 0 radical (unpaired) electrons. The molecule has 3 heteroatoms. The smallest absolute Gasteiger partial charge is 0.150 e. The largest absolute Gasteiger partial charge is 0.298 e. The van der Waals surface area contributed by atoms with Crippen molar-refractivity contribution in [1.82, 2.24) is 4.98 Å². The van der Waals surface area contributed by atoms with E-state index in [4.69, 9.17) is 0 Å². The maximum Gasteiger partial charge on any atom is 0.150 e. The van der Waals surface area contributed by atoms with E-state index in [1.54, 1.807) is 18.5 Å². The second-order valence-electron chi connectivity index (χ2n) is 4.26. The summed E-state index contributed by atoms with van der Waals surface area (Å²) in [6.07, 6.45) is 4.13. The number of hydrogen-bond donors (Lipinski definition) is 0. The van der Waals surface area contributed by atoms with Gasteiger partial charge in [0.2, 0.25) is 0 Å². The molecule has 0 unspecified atom stereocenters. The lowest BCUT2D eigenvalue weighted by atomic mass is 9.97. The average Bonchev–Trinajstić information content (AvgIpc) is 2.46. The summed E-state index contributed by atoms with van der Waals surface area (Å²) in [5, 5.41) is 1.98. The van der Waals surface area contributed by atoms with Crippen molar-refractivity contribution >= 4 is 17.1 Å². The van der Waals surface area contributed by atoms with E-state index in [0.717, 1.165) is 16.3 Å². The van der Waals surface area contributed by atoms with Gasteiger partial charge in [0.25, 0.3) is 0 Å². The van der Waals surface area contributed by atoms with E-state index >= 15 is 0 Å². The number of halogens is 1. The fourth-order valence-electron chi connectivity index (χ4n) is 2.21. The van der Waals surface area contributed by atoms with E-state index in [0.29, 0.717) is 17.4 Å². The summed E-state index contributed by atoms with van der Waals surface area (Å²) < 4.78 is 13.2. The summed E-state index contributed by atoms with van der Waals surface area (Å²) in [7, 11) is 0. The fraction of sp³-hybridized carbons (Fsp3) is 0. The summed E-state index contributed by atoms with van der Waals surface area (Å²) in [6, 6.07) is 12.0. The lowest BCUT2D eigenvalue weighted by Crippen LogP contribution is -1.91. The maximum absolute atomic E-state index is 13.2. The number of carbonyl (C=O) groups excluding carboxylic acids is 1. The quantitative estimate of drug-likeness (QED) is 0.647. The van der Waals surface area contributed by atoms with Crippen molar-refractivity contribution in [2.24, 2.45) is 0 Å². The molecule has 3 aromatic rings. The number of pyridine rings is 1. The predicted octanol–water partition coefficient (Wildman–Crippen LogP) is 3.85. The van der Waals surface area contributed by atoms with Gasteiger partial charge in [-0.1, -0.05) is 30.3 Å². The van der Waals surface area contributed by atoms with E-state index in [-0.39, 0.29) is 0 Å². The van der Waals surface area contributed by atoms with Crippen molar-refractivity contribution in [3.63, 3.8) is 0 Å². The highest BCUT2D eigenvalue weighted by molar-refractivity contribution is 6.00. The molecule has 92 valence electrons. The first-order valence-corrected chi connectivity index (χ1v) is 5.87. The first-order valence-electron chi connectivity index (χ1n) is 5.87. The monoisotopic (exact) mass is 251 g/mol. The molecule has 0 fully saturated rings. The number of fused-ring (bicyclic) bond motifs is 1. The molecule has 0 aliphatic carbocycles. The second-order valence-corrected chi connectivity index (χ2v) is 4.26. The summed E-state index contributed by atoms with van der Waals surface area (Å²) >= 11 is 0. The molecule has 2 aromatic carbocycles. The Morgan fingerprint density at radius 3 is 2.68 bits per heavy atom. The van der Waals surface area contributed by atoms with Gasteiger partial charge in [0, 0.05) is 28.9 Å². The van der Waals surface area contributed by atoms with Crippen LogP contribution in [0.2, 0.25) is 0 Å². The zero-order valence-corrected chi connectivity index (χ0v) is 10.0. The predicted molar refractivity (Wildman–Crippen MR) is 72.5 cm³/mol. The summed E-state index contributed by atoms with van der Waals surface area (Å²) in [5.41, 5.74) is 1.86. The first-order chi connectivity index (χ1) is 9.29. The van der Waals surface area contributed by atoms with Gasteiger partial charge in [-0.2, -0.15) is 0 Å². The van der Waals surface area contributed by atoms with Crippen molar-refractivity contribution in [1.29, 1.82) is 0 Å². The van der Waals surface area contributed by atoms with Gasteiger partial charge in [-0.25, -0.2) is 4.39 Å². The van der Waals surface area contributed by atoms with Crippen molar-refractivity contribution in [2.75, 3.05) is 0 Å². The molecule has 0 saturated heterocycles. The minimum absolute atomic E-state index is 0.332. The number of aromatic nitrogens is 1. The van der Waals surface area contributed by atoms with Gasteiger partial charge >= 0.3 is 0 Å². The standard InChI is InChI=1S/C16H10FNO/c17-13-5-6-15(12(7-13)10-19)16-9-18-8-11-3-1-2-4-14(11)16/h1-10H. The number of carbonyl (C=O) groups is 1. The number of aldehydes is 1. The van der Waals surface area contributed by atoms with Gasteiger partial charge in [-0.3, -0.25) is 9.78 Å². The first kappa shape index (κ1) is 11.5. The lowest BCUT2D eigenvalue weighted by Gasteiger charge is -2.08. The van der Waals surface area contributed by atoms with Crippen molar-refractivity contribution in [3.8, 4) is 11.1 Å². The highest BCUT2D eigenvalue weighted by atomic mass is 19.1. The van der Waals surface area contributed by atoms with Crippen LogP contribution < -0.4 is 0 Å². The van der Waals surface area contributed by atoms with Gasteiger partial charge in [-0.05, 0) is 23.1 Å². The van der Waals surface area contributed by atoms with Crippen LogP contribution in [0.25, 0.3) is 21.9 Å². The molecule has 3 rings (SSSR count). The van der Waals surface area contributed by atoms with Gasteiger partial charge in [0.15, 0.2) is 6.29 Å². The van der Waals surface area contributed by atoms with E-state index in [9.17, 15) is 9.18 Å². The van der Waals surface area contributed by atoms with Crippen LogP contribution in [0.5, 0.6) is 0 Å². The van der Waals surface area contributed by atoms with Gasteiger partial charge in [0.05, 0.1) is 0 Å². The molecular weight excluding hydrogens is 241 g/mol. The SMILES string of the molecule is O=Cc1cc(F)ccc1-c1cncc2ccccc12. The highest BCUT2D eigenvalue weighted by Gasteiger charge is 2.09. The zero-order valence-electron chi connectivity index (χ0n) is 10.0. The molecule has 0 atom stereocenters. The summed E-state index contributed by atoms with van der Waals surface area (Å²) in [4.78, 5) is 15.3. The Morgan fingerprint density at radius 1 is 1.00 bits per heavy atom. The van der Waals surface area contributed by atoms with Crippen molar-refractivity contribution < 1.29 is 9.18 Å². The minimum Gasteiger partial charge on any atom is -0.298 e. The number of benzene rings is 2. The fourth-order valence-corrected chi connectivity index (χ4v) is 2.21. The van der Waals surface area contributed by atoms with Crippen LogP contribution in [0.15, 0.2) is 54.9 Å². The molecule has 1 aromatic heterocycles. The third-order valence-electron chi connectivity index (χ3n) is 3.10. The summed E-state index contributed by atoms with van der Waals surface area (Å²) in [6.45, 7) is 0. The van der Waals surface area contributed by atoms with E-state index < -0.39 is 5.82 Å². The van der Waals surface area contributed by atoms with Gasteiger partial charge in [-0.15, -0.1) is 0 Å². The Kier molecular flexibility index (Phi) is 2.80. The molecule has 0 aliphatic heterocycles. The molecule has 0 aliphatic rings. The molecule has 0 saturated carbocycles. The van der Waals surface area contributed by atoms with Gasteiger partial charge < -0.3 is 0 Å². The average molecular weight is 251 g/mol. The van der Waals surface area contributed by atoms with Crippen LogP contribution in [0.3, 0.4) is 0 Å².